The van der Waals surface area contributed by atoms with Gasteiger partial charge < -0.3 is 19.9 Å². The van der Waals surface area contributed by atoms with Gasteiger partial charge in [-0.15, -0.1) is 0 Å². The van der Waals surface area contributed by atoms with Gasteiger partial charge in [-0.1, -0.05) is 12.1 Å². The van der Waals surface area contributed by atoms with E-state index in [0.29, 0.717) is 13.1 Å². The molecule has 1 aliphatic heterocycles. The zero-order chi connectivity index (χ0) is 19.7. The molecule has 1 fully saturated rings. The third-order valence-corrected chi connectivity index (χ3v) is 5.69. The van der Waals surface area contributed by atoms with Crippen molar-refractivity contribution in [3.8, 4) is 5.75 Å². The van der Waals surface area contributed by atoms with Gasteiger partial charge in [0.05, 0.1) is 7.11 Å². The summed E-state index contributed by atoms with van der Waals surface area (Å²) in [5.41, 5.74) is 4.23. The van der Waals surface area contributed by atoms with E-state index in [1.807, 2.05) is 36.4 Å². The van der Waals surface area contributed by atoms with Crippen molar-refractivity contribution in [2.24, 2.45) is 0 Å². The Labute approximate surface area is 165 Å². The lowest BCUT2D eigenvalue weighted by atomic mass is 10.1. The highest BCUT2D eigenvalue weighted by atomic mass is 16.5. The summed E-state index contributed by atoms with van der Waals surface area (Å²) in [4.78, 5) is 29.1. The molecule has 3 amide bonds. The van der Waals surface area contributed by atoms with Gasteiger partial charge in [0.1, 0.15) is 11.8 Å². The molecule has 4 rings (SSSR count). The van der Waals surface area contributed by atoms with Crippen LogP contribution >= 0.6 is 0 Å². The van der Waals surface area contributed by atoms with Crippen molar-refractivity contribution in [1.29, 1.82) is 0 Å². The molecule has 0 spiro atoms. The highest BCUT2D eigenvalue weighted by Crippen LogP contribution is 2.29. The second kappa shape index (κ2) is 7.54. The number of piperazine rings is 1. The number of hydrogen-bond donors (Lipinski definition) is 1. The number of aryl methyl sites for hydroxylation is 1. The molecule has 28 heavy (non-hydrogen) atoms. The van der Waals surface area contributed by atoms with Crippen LogP contribution in [0.15, 0.2) is 42.5 Å². The summed E-state index contributed by atoms with van der Waals surface area (Å²) < 4.78 is 5.18. The fourth-order valence-electron chi connectivity index (χ4n) is 4.09. The van der Waals surface area contributed by atoms with Gasteiger partial charge in [-0.05, 0) is 67.6 Å². The lowest BCUT2D eigenvalue weighted by Crippen LogP contribution is -2.58. The van der Waals surface area contributed by atoms with Gasteiger partial charge in [-0.2, -0.15) is 0 Å². The molecule has 146 valence electrons. The van der Waals surface area contributed by atoms with Gasteiger partial charge in [0.2, 0.25) is 5.91 Å². The Hall–Kier alpha value is -3.02. The largest absolute Gasteiger partial charge is 0.497 e. The van der Waals surface area contributed by atoms with E-state index in [2.05, 4.69) is 11.4 Å². The van der Waals surface area contributed by atoms with E-state index in [1.54, 1.807) is 23.8 Å². The Morgan fingerprint density at radius 3 is 2.64 bits per heavy atom. The number of benzene rings is 2. The topological polar surface area (TPSA) is 61.9 Å². The number of amides is 3. The molecule has 1 aliphatic carbocycles. The third-order valence-electron chi connectivity index (χ3n) is 5.69. The Kier molecular flexibility index (Phi) is 4.94. The fraction of sp³-hybridized carbons (Fsp3) is 0.364. The standard InChI is InChI=1S/C22H25N3O3/c1-15-21(26)25(17-9-11-18(28-2)12-10-17)14-13-24(15)22(27)23-20-8-4-6-16-5-3-7-19(16)20/h4,6,8-12,15H,3,5,7,13-14H2,1-2H3,(H,23,27)/t15-/m0/s1. The van der Waals surface area contributed by atoms with Crippen LogP contribution in [0.1, 0.15) is 24.5 Å². The molecule has 6 nitrogen and oxygen atoms in total. The summed E-state index contributed by atoms with van der Waals surface area (Å²) in [5.74, 6) is 0.669. The van der Waals surface area contributed by atoms with Crippen molar-refractivity contribution in [2.45, 2.75) is 32.2 Å². The Morgan fingerprint density at radius 1 is 1.11 bits per heavy atom. The first-order valence-electron chi connectivity index (χ1n) is 9.72. The maximum Gasteiger partial charge on any atom is 0.322 e. The number of nitrogens with zero attached hydrogens (tertiary/aromatic N) is 2. The van der Waals surface area contributed by atoms with Crippen LogP contribution in [0.3, 0.4) is 0 Å². The number of methoxy groups -OCH3 is 1. The van der Waals surface area contributed by atoms with Gasteiger partial charge in [-0.25, -0.2) is 4.79 Å². The van der Waals surface area contributed by atoms with Gasteiger partial charge >= 0.3 is 6.03 Å². The number of fused-ring (bicyclic) bond motifs is 1. The predicted octanol–water partition coefficient (Wildman–Crippen LogP) is 3.45. The van der Waals surface area contributed by atoms with Gasteiger partial charge in [-0.3, -0.25) is 4.79 Å². The SMILES string of the molecule is COc1ccc(N2CCN(C(=O)Nc3cccc4c3CCC4)[C@@H](C)C2=O)cc1. The third kappa shape index (κ3) is 3.30. The Morgan fingerprint density at radius 2 is 1.89 bits per heavy atom. The number of carbonyl (C=O) groups is 2. The highest BCUT2D eigenvalue weighted by Gasteiger charge is 2.35. The number of hydrogen-bond acceptors (Lipinski definition) is 3. The number of rotatable bonds is 3. The lowest BCUT2D eigenvalue weighted by molar-refractivity contribution is -0.123. The number of anilines is 2. The zero-order valence-electron chi connectivity index (χ0n) is 16.3. The lowest BCUT2D eigenvalue weighted by Gasteiger charge is -2.39. The number of nitrogens with one attached hydrogen (secondary N) is 1. The van der Waals surface area contributed by atoms with Crippen molar-refractivity contribution < 1.29 is 14.3 Å². The van der Waals surface area contributed by atoms with Crippen LogP contribution in [0.5, 0.6) is 5.75 Å². The smallest absolute Gasteiger partial charge is 0.322 e. The zero-order valence-corrected chi connectivity index (χ0v) is 16.3. The minimum atomic E-state index is -0.521. The summed E-state index contributed by atoms with van der Waals surface area (Å²) in [6, 6.07) is 12.7. The molecular weight excluding hydrogens is 354 g/mol. The van der Waals surface area contributed by atoms with Crippen molar-refractivity contribution in [1.82, 2.24) is 4.90 Å². The predicted molar refractivity (Wildman–Crippen MR) is 109 cm³/mol. The van der Waals surface area contributed by atoms with Crippen LogP contribution in [0.2, 0.25) is 0 Å². The van der Waals surface area contributed by atoms with E-state index in [1.165, 1.54) is 11.1 Å². The molecule has 0 unspecified atom stereocenters. The number of urea groups is 1. The average Bonchev–Trinajstić information content (AvgIpc) is 3.20. The van der Waals surface area contributed by atoms with Crippen LogP contribution in [-0.2, 0) is 17.6 Å². The maximum atomic E-state index is 12.9. The summed E-state index contributed by atoms with van der Waals surface area (Å²) in [6.07, 6.45) is 3.18. The van der Waals surface area contributed by atoms with Gasteiger partial charge in [0.15, 0.2) is 0 Å². The van der Waals surface area contributed by atoms with E-state index >= 15 is 0 Å². The van der Waals surface area contributed by atoms with Gasteiger partial charge in [0, 0.05) is 24.5 Å². The minimum Gasteiger partial charge on any atom is -0.497 e. The molecule has 0 radical (unpaired) electrons. The summed E-state index contributed by atoms with van der Waals surface area (Å²) in [5, 5.41) is 3.03. The fourth-order valence-corrected chi connectivity index (χ4v) is 4.09. The van der Waals surface area contributed by atoms with Gasteiger partial charge in [0.25, 0.3) is 0 Å². The van der Waals surface area contributed by atoms with Crippen LogP contribution in [-0.4, -0.2) is 43.1 Å². The monoisotopic (exact) mass is 379 g/mol. The van der Waals surface area contributed by atoms with Crippen LogP contribution in [0.4, 0.5) is 16.2 Å². The van der Waals surface area contributed by atoms with Crippen LogP contribution in [0.25, 0.3) is 0 Å². The Bertz CT molecular complexity index is 894. The molecule has 0 bridgehead atoms. The summed E-state index contributed by atoms with van der Waals surface area (Å²) in [6.45, 7) is 2.74. The van der Waals surface area contributed by atoms with Crippen molar-refractivity contribution in [2.75, 3.05) is 30.4 Å². The molecule has 1 N–H and O–H groups in total. The first-order valence-corrected chi connectivity index (χ1v) is 9.72. The number of carbonyl (C=O) groups excluding carboxylic acids is 2. The quantitative estimate of drug-likeness (QED) is 0.888. The van der Waals surface area contributed by atoms with Crippen molar-refractivity contribution in [3.05, 3.63) is 53.6 Å². The summed E-state index contributed by atoms with van der Waals surface area (Å²) in [7, 11) is 1.61. The molecule has 1 heterocycles. The van der Waals surface area contributed by atoms with Crippen molar-refractivity contribution >= 4 is 23.3 Å². The highest BCUT2D eigenvalue weighted by molar-refractivity contribution is 6.02. The summed E-state index contributed by atoms with van der Waals surface area (Å²) >= 11 is 0. The van der Waals surface area contributed by atoms with E-state index in [4.69, 9.17) is 4.74 Å². The Balaban J connectivity index is 1.46. The molecule has 2 aromatic rings. The molecule has 2 aliphatic rings. The molecule has 2 aromatic carbocycles. The van der Waals surface area contributed by atoms with Crippen LogP contribution < -0.4 is 15.0 Å². The van der Waals surface area contributed by atoms with E-state index in [9.17, 15) is 9.59 Å². The first kappa shape index (κ1) is 18.3. The minimum absolute atomic E-state index is 0.0788. The van der Waals surface area contributed by atoms with Crippen molar-refractivity contribution in [3.63, 3.8) is 0 Å². The van der Waals surface area contributed by atoms with E-state index in [0.717, 1.165) is 36.4 Å². The molecule has 1 saturated heterocycles. The molecule has 0 aromatic heterocycles. The second-order valence-electron chi connectivity index (χ2n) is 7.28. The molecule has 1 atom stereocenters. The van der Waals surface area contributed by atoms with Crippen LogP contribution in [0, 0.1) is 0 Å². The molecule has 6 heteroatoms. The number of ether oxygens (including phenoxy) is 1. The normalized spacial score (nSPS) is 18.8. The first-order chi connectivity index (χ1) is 13.6. The molecule has 0 saturated carbocycles. The van der Waals surface area contributed by atoms with E-state index < -0.39 is 6.04 Å². The maximum absolute atomic E-state index is 12.9. The van der Waals surface area contributed by atoms with E-state index in [-0.39, 0.29) is 11.9 Å². The average molecular weight is 379 g/mol. The molecular formula is C22H25N3O3. The second-order valence-corrected chi connectivity index (χ2v) is 7.28.